The summed E-state index contributed by atoms with van der Waals surface area (Å²) in [6.07, 6.45) is 5.51. The molecule has 0 saturated carbocycles. The van der Waals surface area contributed by atoms with E-state index in [1.807, 2.05) is 18.2 Å². The predicted molar refractivity (Wildman–Crippen MR) is 97.8 cm³/mol. The van der Waals surface area contributed by atoms with Crippen molar-refractivity contribution in [1.29, 1.82) is 0 Å². The molecule has 5 rings (SSSR count). The standard InChI is InChI=1S/C20H18N4O4/c25-20(24-4-6-26-11-17(24)19-22-12-28-23-19)16-8-15(9-21-10-16)13-1-2-18-14(7-13)3-5-27-18/h1-2,7-10,12,17H,3-6,11H2/t17-/m1/s1. The molecule has 1 saturated heterocycles. The van der Waals surface area contributed by atoms with Crippen LogP contribution in [0.5, 0.6) is 5.75 Å². The van der Waals surface area contributed by atoms with Crippen LogP contribution in [-0.4, -0.2) is 52.3 Å². The van der Waals surface area contributed by atoms with Crippen molar-refractivity contribution in [1.82, 2.24) is 20.0 Å². The van der Waals surface area contributed by atoms with Gasteiger partial charge in [-0.05, 0) is 29.3 Å². The summed E-state index contributed by atoms with van der Waals surface area (Å²) in [5.74, 6) is 1.24. The fraction of sp³-hybridized carbons (Fsp3) is 0.300. The molecule has 142 valence electrons. The minimum atomic E-state index is -0.374. The molecule has 8 heteroatoms. The molecule has 0 bridgehead atoms. The smallest absolute Gasteiger partial charge is 0.256 e. The van der Waals surface area contributed by atoms with Gasteiger partial charge in [0.1, 0.15) is 11.8 Å². The van der Waals surface area contributed by atoms with Crippen LogP contribution in [0.3, 0.4) is 0 Å². The SMILES string of the molecule is O=C(c1cncc(-c2ccc3c(c2)CCO3)c1)N1CCOC[C@@H]1c1ncon1. The molecule has 8 nitrogen and oxygen atoms in total. The first-order valence-corrected chi connectivity index (χ1v) is 9.16. The maximum atomic E-state index is 13.2. The molecule has 3 aromatic rings. The molecule has 2 aliphatic heterocycles. The number of pyridine rings is 1. The van der Waals surface area contributed by atoms with E-state index in [1.165, 1.54) is 12.0 Å². The number of carbonyl (C=O) groups excluding carboxylic acids is 1. The van der Waals surface area contributed by atoms with Crippen LogP contribution in [0.25, 0.3) is 11.1 Å². The quantitative estimate of drug-likeness (QED) is 0.690. The van der Waals surface area contributed by atoms with Crippen LogP contribution in [0.1, 0.15) is 27.8 Å². The minimum Gasteiger partial charge on any atom is -0.493 e. The van der Waals surface area contributed by atoms with E-state index >= 15 is 0 Å². The molecule has 0 spiro atoms. The fourth-order valence-corrected chi connectivity index (χ4v) is 3.63. The van der Waals surface area contributed by atoms with Crippen LogP contribution >= 0.6 is 0 Å². The summed E-state index contributed by atoms with van der Waals surface area (Å²) < 4.78 is 15.9. The lowest BCUT2D eigenvalue weighted by Gasteiger charge is -2.33. The van der Waals surface area contributed by atoms with Crippen molar-refractivity contribution in [3.05, 3.63) is 60.0 Å². The Morgan fingerprint density at radius 2 is 2.11 bits per heavy atom. The highest BCUT2D eigenvalue weighted by Gasteiger charge is 2.32. The average Bonchev–Trinajstić information content (AvgIpc) is 3.45. The van der Waals surface area contributed by atoms with Crippen LogP contribution in [0.4, 0.5) is 0 Å². The van der Waals surface area contributed by atoms with Crippen molar-refractivity contribution < 1.29 is 18.8 Å². The zero-order valence-electron chi connectivity index (χ0n) is 15.1. The predicted octanol–water partition coefficient (Wildman–Crippen LogP) is 2.28. The van der Waals surface area contributed by atoms with Crippen LogP contribution < -0.4 is 4.74 Å². The molecule has 1 atom stereocenters. The van der Waals surface area contributed by atoms with Gasteiger partial charge in [0.05, 0.1) is 25.4 Å². The molecule has 0 radical (unpaired) electrons. The Hall–Kier alpha value is -3.26. The Morgan fingerprint density at radius 1 is 1.14 bits per heavy atom. The second-order valence-electron chi connectivity index (χ2n) is 6.76. The van der Waals surface area contributed by atoms with Gasteiger partial charge in [-0.25, -0.2) is 0 Å². The third kappa shape index (κ3) is 3.01. The van der Waals surface area contributed by atoms with Gasteiger partial charge in [-0.1, -0.05) is 11.2 Å². The zero-order chi connectivity index (χ0) is 18.9. The van der Waals surface area contributed by atoms with Gasteiger partial charge in [0.25, 0.3) is 5.91 Å². The third-order valence-corrected chi connectivity index (χ3v) is 5.07. The van der Waals surface area contributed by atoms with Crippen molar-refractivity contribution in [3.63, 3.8) is 0 Å². The highest BCUT2D eigenvalue weighted by molar-refractivity contribution is 5.95. The zero-order valence-corrected chi connectivity index (χ0v) is 15.1. The molecule has 2 aliphatic rings. The summed E-state index contributed by atoms with van der Waals surface area (Å²) in [5.41, 5.74) is 3.61. The Morgan fingerprint density at radius 3 is 3.00 bits per heavy atom. The molecule has 1 fully saturated rings. The van der Waals surface area contributed by atoms with E-state index in [1.54, 1.807) is 17.3 Å². The largest absolute Gasteiger partial charge is 0.493 e. The molecule has 1 amide bonds. The normalized spacial score (nSPS) is 18.6. The third-order valence-electron chi connectivity index (χ3n) is 5.07. The summed E-state index contributed by atoms with van der Waals surface area (Å²) in [6, 6.07) is 7.56. The first-order chi connectivity index (χ1) is 13.8. The molecular formula is C20H18N4O4. The minimum absolute atomic E-state index is 0.128. The van der Waals surface area contributed by atoms with Crippen molar-refractivity contribution in [2.75, 3.05) is 26.4 Å². The van der Waals surface area contributed by atoms with Crippen molar-refractivity contribution >= 4 is 5.91 Å². The Balaban J connectivity index is 1.44. The number of morpholine rings is 1. The number of nitrogens with zero attached hydrogens (tertiary/aromatic N) is 4. The topological polar surface area (TPSA) is 90.6 Å². The summed E-state index contributed by atoms with van der Waals surface area (Å²) in [7, 11) is 0. The van der Waals surface area contributed by atoms with E-state index in [2.05, 4.69) is 21.2 Å². The van der Waals surface area contributed by atoms with E-state index in [0.717, 1.165) is 23.3 Å². The fourth-order valence-electron chi connectivity index (χ4n) is 3.63. The lowest BCUT2D eigenvalue weighted by atomic mass is 10.0. The van der Waals surface area contributed by atoms with Gasteiger partial charge in [0, 0.05) is 30.9 Å². The van der Waals surface area contributed by atoms with Gasteiger partial charge in [-0.3, -0.25) is 9.78 Å². The van der Waals surface area contributed by atoms with Gasteiger partial charge in [-0.2, -0.15) is 4.98 Å². The Kier molecular flexibility index (Phi) is 4.25. The van der Waals surface area contributed by atoms with Gasteiger partial charge in [-0.15, -0.1) is 0 Å². The van der Waals surface area contributed by atoms with Crippen LogP contribution in [0, 0.1) is 0 Å². The molecule has 0 aliphatic carbocycles. The van der Waals surface area contributed by atoms with E-state index in [-0.39, 0.29) is 11.9 Å². The monoisotopic (exact) mass is 378 g/mol. The highest BCUT2D eigenvalue weighted by Crippen LogP contribution is 2.31. The highest BCUT2D eigenvalue weighted by atomic mass is 16.5. The van der Waals surface area contributed by atoms with E-state index in [0.29, 0.717) is 37.8 Å². The molecule has 28 heavy (non-hydrogen) atoms. The van der Waals surface area contributed by atoms with Crippen LogP contribution in [0.15, 0.2) is 47.6 Å². The second kappa shape index (κ2) is 7.05. The summed E-state index contributed by atoms with van der Waals surface area (Å²) >= 11 is 0. The number of carbonyl (C=O) groups is 1. The van der Waals surface area contributed by atoms with E-state index in [9.17, 15) is 4.79 Å². The number of rotatable bonds is 3. The maximum Gasteiger partial charge on any atom is 0.256 e. The van der Waals surface area contributed by atoms with Crippen molar-refractivity contribution in [2.45, 2.75) is 12.5 Å². The van der Waals surface area contributed by atoms with Gasteiger partial charge in [0.15, 0.2) is 5.82 Å². The summed E-state index contributed by atoms with van der Waals surface area (Å²) in [5, 5.41) is 3.88. The number of benzene rings is 1. The number of hydrogen-bond acceptors (Lipinski definition) is 7. The molecule has 2 aromatic heterocycles. The molecule has 0 N–H and O–H groups in total. The van der Waals surface area contributed by atoms with Gasteiger partial charge >= 0.3 is 0 Å². The lowest BCUT2D eigenvalue weighted by molar-refractivity contribution is -0.00578. The second-order valence-corrected chi connectivity index (χ2v) is 6.76. The van der Waals surface area contributed by atoms with Gasteiger partial charge < -0.3 is 18.9 Å². The summed E-state index contributed by atoms with van der Waals surface area (Å²) in [6.45, 7) is 1.98. The molecule has 1 aromatic carbocycles. The number of amides is 1. The lowest BCUT2D eigenvalue weighted by Crippen LogP contribution is -2.43. The maximum absolute atomic E-state index is 13.2. The van der Waals surface area contributed by atoms with Crippen LogP contribution in [-0.2, 0) is 11.2 Å². The first-order valence-electron chi connectivity index (χ1n) is 9.16. The molecule has 0 unspecified atom stereocenters. The van der Waals surface area contributed by atoms with E-state index in [4.69, 9.17) is 14.0 Å². The summed E-state index contributed by atoms with van der Waals surface area (Å²) in [4.78, 5) is 23.3. The Labute approximate surface area is 161 Å². The molecular weight excluding hydrogens is 360 g/mol. The number of ether oxygens (including phenoxy) is 2. The number of fused-ring (bicyclic) bond motifs is 1. The average molecular weight is 378 g/mol. The van der Waals surface area contributed by atoms with Crippen molar-refractivity contribution in [3.8, 4) is 16.9 Å². The van der Waals surface area contributed by atoms with Crippen molar-refractivity contribution in [2.24, 2.45) is 0 Å². The van der Waals surface area contributed by atoms with Gasteiger partial charge in [0.2, 0.25) is 6.39 Å². The molecule has 4 heterocycles. The first kappa shape index (κ1) is 16.9. The number of hydrogen-bond donors (Lipinski definition) is 0. The Bertz CT molecular complexity index is 1010. The number of aromatic nitrogens is 3. The van der Waals surface area contributed by atoms with E-state index < -0.39 is 0 Å². The van der Waals surface area contributed by atoms with Crippen LogP contribution in [0.2, 0.25) is 0 Å².